The van der Waals surface area contributed by atoms with Crippen molar-refractivity contribution in [2.24, 2.45) is 0 Å². The molecule has 10 aromatic rings. The third kappa shape index (κ3) is 51.9. The van der Waals surface area contributed by atoms with Crippen molar-refractivity contribution in [3.8, 4) is 56.8 Å². The number of carbonyl (C=O) groups excluding carboxylic acids is 5. The van der Waals surface area contributed by atoms with Crippen LogP contribution in [-0.4, -0.2) is 252 Å². The molecule has 3 fully saturated rings. The number of alkyl halides is 1. The van der Waals surface area contributed by atoms with E-state index in [4.69, 9.17) is 72.3 Å². The van der Waals surface area contributed by atoms with Crippen LogP contribution in [0.2, 0.25) is 0 Å². The molecule has 0 atom stereocenters. The van der Waals surface area contributed by atoms with E-state index in [-0.39, 0.29) is 89.4 Å². The zero-order chi connectivity index (χ0) is 96.7. The second kappa shape index (κ2) is 67.7. The van der Waals surface area contributed by atoms with Crippen molar-refractivity contribution in [3.63, 3.8) is 0 Å². The average molecular weight is 1990 g/mol. The summed E-state index contributed by atoms with van der Waals surface area (Å²) in [6.07, 6.45) is 7.62. The number of nitrogens with two attached hydrogens (primary N) is 2. The van der Waals surface area contributed by atoms with Gasteiger partial charge in [-0.15, -0.1) is 81.8 Å². The number of aromatic nitrogens is 3. The van der Waals surface area contributed by atoms with Crippen molar-refractivity contribution in [2.75, 3.05) is 172 Å². The number of thiazole rings is 3. The Hall–Kier alpha value is -10.4. The number of ketones is 1. The van der Waals surface area contributed by atoms with E-state index >= 15 is 0 Å². The number of aliphatic carboxylic acids is 2. The number of carboxylic acids is 2. The molecule has 39 heteroatoms. The van der Waals surface area contributed by atoms with E-state index in [1.165, 1.54) is 113 Å². The number of rotatable bonds is 40. The maximum atomic E-state index is 12.9. The van der Waals surface area contributed by atoms with E-state index in [9.17, 15) is 46.7 Å². The number of halogens is 4. The average Bonchev–Trinajstić information content (AvgIpc) is 1.69. The summed E-state index contributed by atoms with van der Waals surface area (Å²) in [6, 6.07) is 46.9. The molecule has 3 aromatic heterocycles. The highest BCUT2D eigenvalue weighted by atomic mass is 35.5. The number of β-amino-alcohol motifs (C(OH)–C–C–N with tert-alkyl or cyclic N) is 1. The van der Waals surface area contributed by atoms with E-state index in [0.29, 0.717) is 78.8 Å². The minimum Gasteiger partial charge on any atom is -0.508 e. The molecule has 6 heterocycles. The maximum absolute atomic E-state index is 12.9. The minimum atomic E-state index is -0.787. The first kappa shape index (κ1) is 112. The van der Waals surface area contributed by atoms with Crippen molar-refractivity contribution in [1.29, 1.82) is 0 Å². The first-order valence-corrected chi connectivity index (χ1v) is 49.1. The highest BCUT2D eigenvalue weighted by Crippen LogP contribution is 2.30. The molecule has 0 aliphatic carbocycles. The van der Waals surface area contributed by atoms with Crippen molar-refractivity contribution < 1.29 is 95.9 Å². The van der Waals surface area contributed by atoms with Crippen LogP contribution in [-0.2, 0) is 43.0 Å². The summed E-state index contributed by atoms with van der Waals surface area (Å²) >= 11 is 16.2. The summed E-state index contributed by atoms with van der Waals surface area (Å²) in [6.45, 7) is 18.1. The van der Waals surface area contributed by atoms with E-state index in [2.05, 4.69) is 63.5 Å². The molecule has 134 heavy (non-hydrogen) atoms. The number of aliphatic hydroxyl groups is 1. The number of thioether (sulfide) groups is 2. The lowest BCUT2D eigenvalue weighted by atomic mass is 10.1. The van der Waals surface area contributed by atoms with Gasteiger partial charge < -0.3 is 82.0 Å². The molecular weight excluding hydrogens is 1870 g/mol. The number of hydrogen-bond donors (Lipinski definition) is 12. The molecule has 13 rings (SSSR count). The van der Waals surface area contributed by atoms with Gasteiger partial charge in [-0.1, -0.05) is 19.3 Å². The number of carbonyl (C=O) groups is 7. The molecule has 726 valence electrons. The van der Waals surface area contributed by atoms with Crippen LogP contribution >= 0.6 is 81.8 Å². The number of benzene rings is 7. The van der Waals surface area contributed by atoms with Gasteiger partial charge in [-0.2, -0.15) is 0 Å². The smallest absolute Gasteiger partial charge is 0.303 e. The number of aromatic hydroxyl groups is 2. The number of nitrogen functional groups attached to an aromatic ring is 2. The standard InChI is InChI=1S/C29H35FN4O4S2.C15H19N3O2S.C14H18FNO3S.C9H8N2OS.C8H14ClNO3.C8H8O2.C6H5FS.C6H13NO2/c30-23-7-11-25(12-8-23)39-21-28(36)31-13-3-1-2-4-27(35)33-29-32-26(20-40-29)22-5-9-24(10-6-22)38-19-16-34-14-17-37-18-15-34;16-15-17-14(11-21-15)12-1-3-13(4-2-12)20-10-7-18-5-8-19-9-6-18;15-11-5-7-12(8-6-11)20-10-13(17)16-9-3-1-2-4-14(18)19;10-9-11-8(5-13-9)6-1-3-7(12)4-2-6;9-6-7(11)10-5-3-1-2-4-8(12)13;1-6(9)7-2-4-8(10)5-3-7;7-5-1-3-6(8)4-2-5;8-4-1-7-2-5-9-6-3-7/h5-12,20H,1-4,13-19,21H2,(H,31,36)(H,32,33,35);1-4,11H,5-10H2,(H2,16,17);5-8H,1-4,9-10H2,(H,16,17)(H,18,19);1-5,12H,(H2,10,11);1-6H2,(H,10,11)(H,12,13);2-5,10H,1H3;1-4,8H;8H,1-6H2. The van der Waals surface area contributed by atoms with Gasteiger partial charge in [0, 0.05) is 151 Å². The van der Waals surface area contributed by atoms with Crippen molar-refractivity contribution in [3.05, 3.63) is 209 Å². The topological polar surface area (TPSA) is 415 Å². The summed E-state index contributed by atoms with van der Waals surface area (Å²) in [5, 5.41) is 61.8. The summed E-state index contributed by atoms with van der Waals surface area (Å²) in [5.41, 5.74) is 17.3. The Morgan fingerprint density at radius 1 is 0.455 bits per heavy atom. The van der Waals surface area contributed by atoms with Gasteiger partial charge in [-0.25, -0.2) is 28.1 Å². The number of hydrogen-bond acceptors (Lipinski definition) is 29. The Morgan fingerprint density at radius 3 is 1.16 bits per heavy atom. The number of amides is 4. The number of carboxylic acid groups (broad SMARTS) is 2. The van der Waals surface area contributed by atoms with Gasteiger partial charge in [0.2, 0.25) is 23.6 Å². The molecule has 3 saturated heterocycles. The summed E-state index contributed by atoms with van der Waals surface area (Å²) in [5.74, 6) is -0.0113. The number of ether oxygens (including phenoxy) is 5. The zero-order valence-corrected chi connectivity index (χ0v) is 80.6. The number of phenols is 2. The van der Waals surface area contributed by atoms with Crippen LogP contribution < -0.4 is 42.2 Å². The van der Waals surface area contributed by atoms with Crippen LogP contribution in [0.5, 0.6) is 23.0 Å². The molecule has 0 unspecified atom stereocenters. The predicted octanol–water partition coefficient (Wildman–Crippen LogP) is 16.0. The molecule has 0 saturated carbocycles. The normalized spacial score (nSPS) is 12.8. The fourth-order valence-corrected chi connectivity index (χ4v) is 15.4. The van der Waals surface area contributed by atoms with Crippen LogP contribution in [0.25, 0.3) is 33.8 Å². The molecule has 3 aliphatic heterocycles. The number of nitrogens with zero attached hydrogens (tertiary/aromatic N) is 6. The van der Waals surface area contributed by atoms with Crippen molar-refractivity contribution >= 4 is 139 Å². The van der Waals surface area contributed by atoms with E-state index in [1.54, 1.807) is 60.7 Å². The number of morpholine rings is 3. The Bertz CT molecular complexity index is 4930. The van der Waals surface area contributed by atoms with E-state index in [0.717, 1.165) is 203 Å². The number of aliphatic hydroxyl groups excluding tert-OH is 1. The lowest BCUT2D eigenvalue weighted by Gasteiger charge is -2.26. The summed E-state index contributed by atoms with van der Waals surface area (Å²) in [4.78, 5) is 99.8. The molecule has 0 spiro atoms. The fraction of sp³-hybridized carbons (Fsp3) is 0.389. The monoisotopic (exact) mass is 1980 g/mol. The summed E-state index contributed by atoms with van der Waals surface area (Å²) < 4.78 is 65.1. The van der Waals surface area contributed by atoms with Crippen molar-refractivity contribution in [1.82, 2.24) is 45.6 Å². The van der Waals surface area contributed by atoms with Crippen LogP contribution in [0.4, 0.5) is 28.6 Å². The molecule has 3 aliphatic rings. The number of nitrogens with one attached hydrogen (secondary N) is 4. The quantitative estimate of drug-likeness (QED) is 0.00558. The van der Waals surface area contributed by atoms with Crippen molar-refractivity contribution in [2.45, 2.75) is 98.7 Å². The van der Waals surface area contributed by atoms with E-state index < -0.39 is 11.9 Å². The Labute approximate surface area is 811 Å². The number of Topliss-reactive ketones (excluding diaryl/α,β-unsaturated/α-hetero) is 1. The predicted molar refractivity (Wildman–Crippen MR) is 528 cm³/mol. The van der Waals surface area contributed by atoms with Crippen LogP contribution in [0.1, 0.15) is 94.3 Å². The Balaban J connectivity index is 0.000000252. The van der Waals surface area contributed by atoms with Gasteiger partial charge in [0.1, 0.15) is 59.5 Å². The molecular formula is C95H120ClF3N12O17S6. The highest BCUT2D eigenvalue weighted by Gasteiger charge is 2.16. The molecule has 7 aromatic carbocycles. The van der Waals surface area contributed by atoms with Gasteiger partial charge in [0.05, 0.1) is 74.8 Å². The SMILES string of the molecule is CC(=O)c1ccc(O)cc1.Fc1ccc(S)cc1.Nc1nc(-c2ccc(O)cc2)cs1.Nc1nc(-c2ccc(OCCN3CCOCC3)cc2)cs1.O=C(CSc1ccc(F)cc1)NCCCCCC(=O)Nc1nc(-c2ccc(OCCN3CCOCC3)cc2)cs1.O=C(O)CCCCCNC(=O)CCl.O=C(O)CCCCCNC(=O)CSc1ccc(F)cc1.OCCN1CCOCC1. The lowest BCUT2D eigenvalue weighted by Crippen LogP contribution is -2.38. The van der Waals surface area contributed by atoms with Crippen LogP contribution in [0.15, 0.2) is 201 Å². The number of phenolic OH excluding ortho intramolecular Hbond substituents is 2. The number of anilines is 3. The molecule has 29 nitrogen and oxygen atoms in total. The number of unbranched alkanes of at least 4 members (excludes halogenated alkanes) is 6. The van der Waals surface area contributed by atoms with Crippen LogP contribution in [0, 0.1) is 17.5 Å². The maximum Gasteiger partial charge on any atom is 0.303 e. The second-order valence-corrected chi connectivity index (χ2v) is 35.1. The summed E-state index contributed by atoms with van der Waals surface area (Å²) in [7, 11) is 0. The number of thiol groups is 1. The lowest BCUT2D eigenvalue weighted by molar-refractivity contribution is -0.138. The third-order valence-electron chi connectivity index (χ3n) is 19.1. The van der Waals surface area contributed by atoms with Gasteiger partial charge in [0.25, 0.3) is 0 Å². The van der Waals surface area contributed by atoms with Gasteiger partial charge >= 0.3 is 11.9 Å². The molecule has 0 bridgehead atoms. The zero-order valence-electron chi connectivity index (χ0n) is 74.8. The molecule has 4 amide bonds. The second-order valence-electron chi connectivity index (χ2n) is 29.6. The third-order valence-corrected chi connectivity index (χ3v) is 23.8. The Morgan fingerprint density at radius 2 is 0.806 bits per heavy atom. The van der Waals surface area contributed by atoms with E-state index in [1.807, 2.05) is 76.8 Å². The first-order valence-electron chi connectivity index (χ1n) is 43.5. The van der Waals surface area contributed by atoms with Gasteiger partial charge in [-0.05, 0) is 215 Å². The molecule has 13 N–H and O–H groups in total. The van der Waals surface area contributed by atoms with Crippen LogP contribution in [0.3, 0.4) is 0 Å². The van der Waals surface area contributed by atoms with Gasteiger partial charge in [0.15, 0.2) is 21.2 Å². The fourth-order valence-electron chi connectivity index (χ4n) is 11.8. The Kier molecular flexibility index (Phi) is 56.7. The largest absolute Gasteiger partial charge is 0.508 e. The first-order chi connectivity index (χ1) is 64.8. The molecule has 0 radical (unpaired) electrons. The minimum absolute atomic E-state index is 0.0139. The van der Waals surface area contributed by atoms with Gasteiger partial charge in [-0.3, -0.25) is 48.3 Å². The highest BCUT2D eigenvalue weighted by molar-refractivity contribution is 8.00.